The summed E-state index contributed by atoms with van der Waals surface area (Å²) >= 11 is 0. The van der Waals surface area contributed by atoms with E-state index in [4.69, 9.17) is 5.73 Å². The standard InChI is InChI=1S/C33H37F2N5O2/c1-22-12-13-23(2)26(18-22)19-37-14-16-38(17-15-37)31-24(3)39(20-27-28(34)10-7-11-29(27)35)33(42)40(32(31)41)21-30(36)25-8-5-4-6-9-25/h4-13,18,30H,14-17,19-21,36H2,1-3H3/t30-/m1/s1. The van der Waals surface area contributed by atoms with Crippen LogP contribution in [0.25, 0.3) is 0 Å². The van der Waals surface area contributed by atoms with Crippen LogP contribution in [0.1, 0.15) is 39.6 Å². The molecule has 1 fully saturated rings. The van der Waals surface area contributed by atoms with Crippen molar-refractivity contribution in [2.75, 3.05) is 31.1 Å². The quantitative estimate of drug-likeness (QED) is 0.341. The number of anilines is 1. The van der Waals surface area contributed by atoms with Crippen LogP contribution in [0, 0.1) is 32.4 Å². The minimum atomic E-state index is -0.748. The summed E-state index contributed by atoms with van der Waals surface area (Å²) in [6, 6.07) is 18.7. The van der Waals surface area contributed by atoms with E-state index in [-0.39, 0.29) is 18.7 Å². The maximum atomic E-state index is 14.7. The van der Waals surface area contributed by atoms with Crippen molar-refractivity contribution in [3.05, 3.63) is 133 Å². The van der Waals surface area contributed by atoms with Crippen molar-refractivity contribution in [1.29, 1.82) is 0 Å². The van der Waals surface area contributed by atoms with Gasteiger partial charge in [-0.3, -0.25) is 18.8 Å². The molecule has 9 heteroatoms. The van der Waals surface area contributed by atoms with Gasteiger partial charge in [-0.1, -0.05) is 60.2 Å². The maximum Gasteiger partial charge on any atom is 0.331 e. The number of benzene rings is 3. The normalized spacial score (nSPS) is 14.8. The molecular weight excluding hydrogens is 536 g/mol. The van der Waals surface area contributed by atoms with E-state index in [1.165, 1.54) is 27.3 Å². The van der Waals surface area contributed by atoms with Gasteiger partial charge in [-0.2, -0.15) is 0 Å². The Balaban J connectivity index is 1.50. The zero-order valence-electron chi connectivity index (χ0n) is 24.3. The number of rotatable bonds is 8. The third-order valence-electron chi connectivity index (χ3n) is 8.23. The lowest BCUT2D eigenvalue weighted by Gasteiger charge is -2.37. The molecule has 5 rings (SSSR count). The molecule has 0 aliphatic carbocycles. The molecule has 2 heterocycles. The summed E-state index contributed by atoms with van der Waals surface area (Å²) in [6.45, 7) is 8.83. The number of aromatic nitrogens is 2. The largest absolute Gasteiger partial charge is 0.363 e. The second-order valence-electron chi connectivity index (χ2n) is 11.1. The van der Waals surface area contributed by atoms with Crippen molar-refractivity contribution < 1.29 is 8.78 Å². The summed E-state index contributed by atoms with van der Waals surface area (Å²) in [5.41, 5.74) is 10.4. The molecule has 4 aromatic rings. The van der Waals surface area contributed by atoms with E-state index in [2.05, 4.69) is 36.9 Å². The van der Waals surface area contributed by atoms with E-state index in [9.17, 15) is 18.4 Å². The van der Waals surface area contributed by atoms with Gasteiger partial charge in [0.2, 0.25) is 0 Å². The zero-order valence-corrected chi connectivity index (χ0v) is 24.3. The fourth-order valence-corrected chi connectivity index (χ4v) is 5.68. The third-order valence-corrected chi connectivity index (χ3v) is 8.23. The van der Waals surface area contributed by atoms with Crippen LogP contribution in [0.15, 0.2) is 76.3 Å². The van der Waals surface area contributed by atoms with E-state index in [1.807, 2.05) is 35.2 Å². The topological polar surface area (TPSA) is 76.5 Å². The number of nitrogens with two attached hydrogens (primary N) is 1. The molecule has 1 atom stereocenters. The van der Waals surface area contributed by atoms with E-state index in [0.29, 0.717) is 24.5 Å². The van der Waals surface area contributed by atoms with Gasteiger partial charge in [0.05, 0.1) is 13.1 Å². The van der Waals surface area contributed by atoms with Gasteiger partial charge in [0, 0.05) is 50.0 Å². The average Bonchev–Trinajstić information content (AvgIpc) is 2.98. The molecule has 1 aromatic heterocycles. The average molecular weight is 574 g/mol. The molecule has 0 saturated carbocycles. The van der Waals surface area contributed by atoms with Crippen molar-refractivity contribution >= 4 is 5.69 Å². The van der Waals surface area contributed by atoms with E-state index in [1.54, 1.807) is 6.92 Å². The van der Waals surface area contributed by atoms with Gasteiger partial charge in [-0.15, -0.1) is 0 Å². The highest BCUT2D eigenvalue weighted by molar-refractivity contribution is 5.50. The summed E-state index contributed by atoms with van der Waals surface area (Å²) < 4.78 is 31.8. The molecule has 3 aromatic carbocycles. The number of nitrogens with zero attached hydrogens (tertiary/aromatic N) is 4. The molecule has 0 amide bonds. The highest BCUT2D eigenvalue weighted by Gasteiger charge is 2.27. The highest BCUT2D eigenvalue weighted by Crippen LogP contribution is 2.21. The van der Waals surface area contributed by atoms with Crippen LogP contribution < -0.4 is 21.9 Å². The number of hydrogen-bond donors (Lipinski definition) is 1. The molecule has 0 unspecified atom stereocenters. The Morgan fingerprint density at radius 1 is 0.810 bits per heavy atom. The first-order valence-corrected chi connectivity index (χ1v) is 14.2. The first-order chi connectivity index (χ1) is 20.1. The van der Waals surface area contributed by atoms with Crippen molar-refractivity contribution in [3.8, 4) is 0 Å². The van der Waals surface area contributed by atoms with Gasteiger partial charge in [0.25, 0.3) is 5.56 Å². The molecule has 220 valence electrons. The fourth-order valence-electron chi connectivity index (χ4n) is 5.68. The Hall–Kier alpha value is -4.08. The molecule has 42 heavy (non-hydrogen) atoms. The van der Waals surface area contributed by atoms with Gasteiger partial charge < -0.3 is 10.6 Å². The minimum Gasteiger partial charge on any atom is -0.363 e. The lowest BCUT2D eigenvalue weighted by atomic mass is 10.0. The molecule has 1 saturated heterocycles. The predicted molar refractivity (Wildman–Crippen MR) is 162 cm³/mol. The van der Waals surface area contributed by atoms with Crippen LogP contribution in [0.5, 0.6) is 0 Å². The number of halogens is 2. The van der Waals surface area contributed by atoms with Crippen LogP contribution in [0.2, 0.25) is 0 Å². The van der Waals surface area contributed by atoms with E-state index >= 15 is 0 Å². The lowest BCUT2D eigenvalue weighted by molar-refractivity contribution is 0.248. The summed E-state index contributed by atoms with van der Waals surface area (Å²) in [7, 11) is 0. The Labute approximate surface area is 244 Å². The van der Waals surface area contributed by atoms with Crippen LogP contribution in [-0.2, 0) is 19.6 Å². The second-order valence-corrected chi connectivity index (χ2v) is 11.1. The van der Waals surface area contributed by atoms with Crippen LogP contribution >= 0.6 is 0 Å². The first-order valence-electron chi connectivity index (χ1n) is 14.2. The Kier molecular flexibility index (Phi) is 8.70. The predicted octanol–water partition coefficient (Wildman–Crippen LogP) is 4.28. The molecule has 1 aliphatic rings. The van der Waals surface area contributed by atoms with Crippen molar-refractivity contribution in [2.45, 2.75) is 46.4 Å². The molecule has 0 bridgehead atoms. The number of piperazine rings is 1. The molecule has 7 nitrogen and oxygen atoms in total. The SMILES string of the molecule is Cc1ccc(C)c(CN2CCN(c3c(C)n(Cc4c(F)cccc4F)c(=O)n(C[C@@H](N)c4ccccc4)c3=O)CC2)c1. The van der Waals surface area contributed by atoms with Crippen LogP contribution in [-0.4, -0.2) is 40.2 Å². The Morgan fingerprint density at radius 2 is 1.48 bits per heavy atom. The van der Waals surface area contributed by atoms with E-state index in [0.717, 1.165) is 41.9 Å². The smallest absolute Gasteiger partial charge is 0.331 e. The molecule has 2 N–H and O–H groups in total. The lowest BCUT2D eigenvalue weighted by Crippen LogP contribution is -2.51. The minimum absolute atomic E-state index is 0.0681. The van der Waals surface area contributed by atoms with Gasteiger partial charge in [-0.25, -0.2) is 13.6 Å². The van der Waals surface area contributed by atoms with Crippen LogP contribution in [0.3, 0.4) is 0 Å². The van der Waals surface area contributed by atoms with Crippen molar-refractivity contribution in [2.24, 2.45) is 5.73 Å². The Morgan fingerprint density at radius 3 is 2.14 bits per heavy atom. The van der Waals surface area contributed by atoms with Crippen molar-refractivity contribution in [3.63, 3.8) is 0 Å². The van der Waals surface area contributed by atoms with E-state index < -0.39 is 28.9 Å². The summed E-state index contributed by atoms with van der Waals surface area (Å²) in [5, 5.41) is 0. The van der Waals surface area contributed by atoms with Gasteiger partial charge in [0.15, 0.2) is 0 Å². The number of hydrogen-bond acceptors (Lipinski definition) is 5. The first kappa shape index (κ1) is 29.4. The molecule has 0 spiro atoms. The van der Waals surface area contributed by atoms with Crippen LogP contribution in [0.4, 0.5) is 14.5 Å². The zero-order chi connectivity index (χ0) is 30.0. The fraction of sp³-hybridized carbons (Fsp3) is 0.333. The van der Waals surface area contributed by atoms with Gasteiger partial charge in [-0.05, 0) is 49.6 Å². The highest BCUT2D eigenvalue weighted by atomic mass is 19.1. The van der Waals surface area contributed by atoms with Crippen molar-refractivity contribution in [1.82, 2.24) is 14.0 Å². The molecular formula is C33H37F2N5O2. The monoisotopic (exact) mass is 573 g/mol. The summed E-state index contributed by atoms with van der Waals surface area (Å²) in [6.07, 6.45) is 0. The summed E-state index contributed by atoms with van der Waals surface area (Å²) in [4.78, 5) is 32.0. The van der Waals surface area contributed by atoms with Gasteiger partial charge >= 0.3 is 5.69 Å². The number of aryl methyl sites for hydroxylation is 2. The third kappa shape index (κ3) is 6.07. The molecule has 1 aliphatic heterocycles. The second kappa shape index (κ2) is 12.4. The summed E-state index contributed by atoms with van der Waals surface area (Å²) in [5.74, 6) is -1.50. The maximum absolute atomic E-state index is 14.7. The van der Waals surface area contributed by atoms with Gasteiger partial charge in [0.1, 0.15) is 17.3 Å². The Bertz CT molecular complexity index is 1670. The molecule has 0 radical (unpaired) electrons.